The van der Waals surface area contributed by atoms with Crippen LogP contribution in [0.3, 0.4) is 0 Å². The van der Waals surface area contributed by atoms with Gasteiger partial charge in [0.15, 0.2) is 0 Å². The van der Waals surface area contributed by atoms with Gasteiger partial charge in [0.25, 0.3) is 0 Å². The van der Waals surface area contributed by atoms with Crippen molar-refractivity contribution in [3.63, 3.8) is 0 Å². The minimum Gasteiger partial charge on any atom is -0.450 e. The second kappa shape index (κ2) is 8.29. The molecule has 2 fully saturated rings. The zero-order valence-corrected chi connectivity index (χ0v) is 6.86. The monoisotopic (exact) mass is 178 g/mol. The van der Waals surface area contributed by atoms with Gasteiger partial charge in [0.1, 0.15) is 0 Å². The maximum absolute atomic E-state index is 8.56. The fourth-order valence-corrected chi connectivity index (χ4v) is 0.289. The molecule has 5 heteroatoms. The fourth-order valence-electron chi connectivity index (χ4n) is 0.289. The standard InChI is InChI=1S/2C3H6O.CH2O3/c2*1-2-4-3-1;2-1(3)4/h2*1-3H2;(H2,2,3,4). The van der Waals surface area contributed by atoms with Gasteiger partial charge in [-0.3, -0.25) is 0 Å². The fraction of sp³-hybridized carbons (Fsp3) is 0.857. The summed E-state index contributed by atoms with van der Waals surface area (Å²) >= 11 is 0. The van der Waals surface area contributed by atoms with E-state index in [1.54, 1.807) is 0 Å². The van der Waals surface area contributed by atoms with Crippen LogP contribution in [-0.4, -0.2) is 42.8 Å². The van der Waals surface area contributed by atoms with Crippen LogP contribution in [-0.2, 0) is 9.47 Å². The Balaban J connectivity index is 0.000000151. The van der Waals surface area contributed by atoms with Crippen molar-refractivity contribution in [2.75, 3.05) is 26.4 Å². The summed E-state index contributed by atoms with van der Waals surface area (Å²) in [7, 11) is 0. The molecule has 0 aromatic heterocycles. The SMILES string of the molecule is C1COC1.C1COC1.O=C(O)O. The maximum atomic E-state index is 8.56. The van der Waals surface area contributed by atoms with E-state index in [0.29, 0.717) is 0 Å². The highest BCUT2D eigenvalue weighted by molar-refractivity contribution is 5.53. The first-order chi connectivity index (χ1) is 5.73. The molecule has 0 amide bonds. The highest BCUT2D eigenvalue weighted by atomic mass is 16.6. The van der Waals surface area contributed by atoms with Gasteiger partial charge in [-0.05, 0) is 12.8 Å². The van der Waals surface area contributed by atoms with Crippen LogP contribution in [0.2, 0.25) is 0 Å². The lowest BCUT2D eigenvalue weighted by atomic mass is 10.4. The van der Waals surface area contributed by atoms with Crippen LogP contribution in [0.4, 0.5) is 4.79 Å². The molecule has 0 aliphatic carbocycles. The van der Waals surface area contributed by atoms with E-state index in [0.717, 1.165) is 26.4 Å². The van der Waals surface area contributed by atoms with Gasteiger partial charge in [-0.2, -0.15) is 0 Å². The number of hydrogen-bond acceptors (Lipinski definition) is 3. The molecule has 2 aliphatic heterocycles. The van der Waals surface area contributed by atoms with Crippen LogP contribution in [0, 0.1) is 0 Å². The lowest BCUT2D eigenvalue weighted by Crippen LogP contribution is -2.09. The second-order valence-electron chi connectivity index (χ2n) is 2.21. The van der Waals surface area contributed by atoms with Crippen molar-refractivity contribution in [2.45, 2.75) is 12.8 Å². The molecule has 2 heterocycles. The topological polar surface area (TPSA) is 76.0 Å². The third-order valence-electron chi connectivity index (χ3n) is 1.15. The summed E-state index contributed by atoms with van der Waals surface area (Å²) in [6.45, 7) is 4.00. The molecule has 0 atom stereocenters. The highest BCUT2D eigenvalue weighted by Gasteiger charge is 1.94. The van der Waals surface area contributed by atoms with Gasteiger partial charge in [-0.15, -0.1) is 0 Å². The normalized spacial score (nSPS) is 18.0. The Morgan fingerprint density at radius 3 is 1.00 bits per heavy atom. The summed E-state index contributed by atoms with van der Waals surface area (Å²) in [5, 5.41) is 13.9. The number of hydrogen-bond donors (Lipinski definition) is 2. The molecule has 2 aliphatic rings. The molecule has 5 nitrogen and oxygen atoms in total. The van der Waals surface area contributed by atoms with Gasteiger partial charge in [-0.1, -0.05) is 0 Å². The zero-order valence-electron chi connectivity index (χ0n) is 6.86. The Morgan fingerprint density at radius 1 is 0.917 bits per heavy atom. The third kappa shape index (κ3) is 11.9. The van der Waals surface area contributed by atoms with E-state index in [-0.39, 0.29) is 0 Å². The first kappa shape index (κ1) is 11.2. The largest absolute Gasteiger partial charge is 0.503 e. The zero-order chi connectivity index (χ0) is 9.23. The molecule has 12 heavy (non-hydrogen) atoms. The van der Waals surface area contributed by atoms with Gasteiger partial charge in [0.05, 0.1) is 0 Å². The van der Waals surface area contributed by atoms with Crippen LogP contribution in [0.5, 0.6) is 0 Å². The lowest BCUT2D eigenvalue weighted by molar-refractivity contribution is 0.0366. The number of carboxylic acid groups (broad SMARTS) is 2. The van der Waals surface area contributed by atoms with Crippen molar-refractivity contribution in [3.05, 3.63) is 0 Å². The van der Waals surface area contributed by atoms with Gasteiger partial charge in [-0.25, -0.2) is 4.79 Å². The first-order valence-corrected chi connectivity index (χ1v) is 3.81. The average Bonchev–Trinajstić information content (AvgIpc) is 1.45. The summed E-state index contributed by atoms with van der Waals surface area (Å²) in [6.07, 6.45) is 0.722. The Morgan fingerprint density at radius 2 is 1.00 bits per heavy atom. The summed E-state index contributed by atoms with van der Waals surface area (Å²) < 4.78 is 9.44. The van der Waals surface area contributed by atoms with E-state index in [4.69, 9.17) is 24.5 Å². The summed E-state index contributed by atoms with van der Waals surface area (Å²) in [5.74, 6) is 0. The Hall–Kier alpha value is -0.810. The lowest BCUT2D eigenvalue weighted by Gasteiger charge is -2.09. The molecule has 0 spiro atoms. The molecule has 0 bridgehead atoms. The minimum absolute atomic E-state index is 1.00. The second-order valence-corrected chi connectivity index (χ2v) is 2.21. The van der Waals surface area contributed by atoms with E-state index in [1.807, 2.05) is 0 Å². The third-order valence-corrected chi connectivity index (χ3v) is 1.15. The van der Waals surface area contributed by atoms with E-state index >= 15 is 0 Å². The van der Waals surface area contributed by atoms with Crippen molar-refractivity contribution in [1.29, 1.82) is 0 Å². The van der Waals surface area contributed by atoms with Gasteiger partial charge in [0, 0.05) is 26.4 Å². The molecule has 0 unspecified atom stereocenters. The molecule has 0 saturated carbocycles. The van der Waals surface area contributed by atoms with Crippen molar-refractivity contribution in [3.8, 4) is 0 Å². The Labute approximate surface area is 70.9 Å². The van der Waals surface area contributed by atoms with Crippen LogP contribution < -0.4 is 0 Å². The van der Waals surface area contributed by atoms with Crippen molar-refractivity contribution >= 4 is 6.16 Å². The van der Waals surface area contributed by atoms with Crippen LogP contribution in [0.15, 0.2) is 0 Å². The van der Waals surface area contributed by atoms with Crippen molar-refractivity contribution in [1.82, 2.24) is 0 Å². The van der Waals surface area contributed by atoms with E-state index < -0.39 is 6.16 Å². The van der Waals surface area contributed by atoms with Crippen molar-refractivity contribution < 1.29 is 24.5 Å². The Bertz CT molecular complexity index is 86.4. The summed E-state index contributed by atoms with van der Waals surface area (Å²) in [4.78, 5) is 8.56. The van der Waals surface area contributed by atoms with Crippen molar-refractivity contribution in [2.24, 2.45) is 0 Å². The van der Waals surface area contributed by atoms with Crippen LogP contribution >= 0.6 is 0 Å². The summed E-state index contributed by atoms with van der Waals surface area (Å²) in [5.41, 5.74) is 0. The molecular weight excluding hydrogens is 164 g/mol. The van der Waals surface area contributed by atoms with Crippen LogP contribution in [0.25, 0.3) is 0 Å². The Kier molecular flexibility index (Phi) is 7.73. The first-order valence-electron chi connectivity index (χ1n) is 3.81. The van der Waals surface area contributed by atoms with Gasteiger partial charge >= 0.3 is 6.16 Å². The maximum Gasteiger partial charge on any atom is 0.503 e. The highest BCUT2D eigenvalue weighted by Crippen LogP contribution is 1.93. The average molecular weight is 178 g/mol. The smallest absolute Gasteiger partial charge is 0.450 e. The molecule has 0 aromatic rings. The van der Waals surface area contributed by atoms with Gasteiger partial charge in [0.2, 0.25) is 0 Å². The summed E-state index contributed by atoms with van der Waals surface area (Å²) in [6, 6.07) is 0. The molecular formula is C7H14O5. The quantitative estimate of drug-likeness (QED) is 0.579. The predicted molar refractivity (Wildman–Crippen MR) is 41.5 cm³/mol. The van der Waals surface area contributed by atoms with E-state index in [9.17, 15) is 0 Å². The molecule has 2 saturated heterocycles. The molecule has 0 radical (unpaired) electrons. The molecule has 72 valence electrons. The van der Waals surface area contributed by atoms with Crippen LogP contribution in [0.1, 0.15) is 12.8 Å². The predicted octanol–water partition coefficient (Wildman–Crippen LogP) is 1.04. The number of carbonyl (C=O) groups is 1. The molecule has 2 N–H and O–H groups in total. The van der Waals surface area contributed by atoms with Gasteiger partial charge < -0.3 is 19.7 Å². The van der Waals surface area contributed by atoms with E-state index in [1.165, 1.54) is 12.8 Å². The molecule has 0 aromatic carbocycles. The molecule has 2 rings (SSSR count). The number of rotatable bonds is 0. The minimum atomic E-state index is -1.83. The number of ether oxygens (including phenoxy) is 2. The van der Waals surface area contributed by atoms with E-state index in [2.05, 4.69) is 0 Å².